The van der Waals surface area contributed by atoms with Crippen molar-refractivity contribution in [3.05, 3.63) is 65.2 Å². The van der Waals surface area contributed by atoms with Crippen molar-refractivity contribution >= 4 is 40.0 Å². The van der Waals surface area contributed by atoms with Crippen molar-refractivity contribution in [1.82, 2.24) is 15.4 Å². The zero-order chi connectivity index (χ0) is 21.3. The van der Waals surface area contributed by atoms with Crippen LogP contribution in [0, 0.1) is 6.92 Å². The lowest BCUT2D eigenvalue weighted by molar-refractivity contribution is 0.222. The van der Waals surface area contributed by atoms with Crippen molar-refractivity contribution in [3.8, 4) is 5.75 Å². The number of rotatable bonds is 9. The maximum atomic E-state index is 11.6. The lowest BCUT2D eigenvalue weighted by atomic mass is 10.1. The van der Waals surface area contributed by atoms with Gasteiger partial charge >= 0.3 is 0 Å². The topological polar surface area (TPSA) is 91.8 Å². The maximum absolute atomic E-state index is 11.6. The van der Waals surface area contributed by atoms with Crippen LogP contribution >= 0.6 is 24.0 Å². The van der Waals surface area contributed by atoms with Gasteiger partial charge in [0, 0.05) is 13.6 Å². The van der Waals surface area contributed by atoms with Crippen molar-refractivity contribution in [3.63, 3.8) is 0 Å². The van der Waals surface area contributed by atoms with Crippen LogP contribution < -0.4 is 20.1 Å². The minimum atomic E-state index is -3.26. The molecule has 30 heavy (non-hydrogen) atoms. The summed E-state index contributed by atoms with van der Waals surface area (Å²) in [6.45, 7) is 5.21. The molecule has 0 aliphatic carbocycles. The molecule has 3 N–H and O–H groups in total. The molecule has 0 amide bonds. The van der Waals surface area contributed by atoms with Gasteiger partial charge in [-0.15, -0.1) is 24.0 Å². The molecular formula is C21H31IN4O3S. The van der Waals surface area contributed by atoms with E-state index in [9.17, 15) is 8.42 Å². The third-order valence-electron chi connectivity index (χ3n) is 4.35. The van der Waals surface area contributed by atoms with E-state index < -0.39 is 10.0 Å². The standard InChI is InChI=1S/C21H30N4O3S.HI/c1-16-7-5-6-8-20(16)28-17(2)13-24-21(22-3)25-14-18-9-11-19(12-10-18)15-29(26,27)23-4;/h5-12,17,23H,13-15H2,1-4H3,(H2,22,24,25);1H. The van der Waals surface area contributed by atoms with Crippen LogP contribution in [0.4, 0.5) is 0 Å². The highest BCUT2D eigenvalue weighted by molar-refractivity contribution is 14.0. The fourth-order valence-corrected chi connectivity index (χ4v) is 3.41. The predicted octanol–water partition coefficient (Wildman–Crippen LogP) is 2.79. The first kappa shape index (κ1) is 26.2. The molecule has 2 rings (SSSR count). The smallest absolute Gasteiger partial charge is 0.215 e. The SMILES string of the molecule is CN=C(NCc1ccc(CS(=O)(=O)NC)cc1)NCC(C)Oc1ccccc1C.I. The first-order valence-corrected chi connectivity index (χ1v) is 11.1. The second-order valence-corrected chi connectivity index (χ2v) is 8.71. The highest BCUT2D eigenvalue weighted by Gasteiger charge is 2.09. The maximum Gasteiger partial charge on any atom is 0.215 e. The van der Waals surface area contributed by atoms with Gasteiger partial charge in [-0.05, 0) is 43.7 Å². The molecule has 9 heteroatoms. The molecule has 0 aromatic heterocycles. The number of para-hydroxylation sites is 1. The van der Waals surface area contributed by atoms with Crippen LogP contribution in [-0.2, 0) is 22.3 Å². The van der Waals surface area contributed by atoms with E-state index in [0.29, 0.717) is 19.0 Å². The van der Waals surface area contributed by atoms with Crippen molar-refractivity contribution in [2.45, 2.75) is 32.2 Å². The molecule has 0 heterocycles. The number of nitrogens with one attached hydrogen (secondary N) is 3. The van der Waals surface area contributed by atoms with E-state index >= 15 is 0 Å². The summed E-state index contributed by atoms with van der Waals surface area (Å²) in [6.07, 6.45) is -0.0249. The number of aryl methyl sites for hydroxylation is 1. The Labute approximate surface area is 196 Å². The number of nitrogens with zero attached hydrogens (tertiary/aromatic N) is 1. The minimum absolute atomic E-state index is 0. The van der Waals surface area contributed by atoms with E-state index in [0.717, 1.165) is 22.4 Å². The Balaban J connectivity index is 0.00000450. The molecule has 0 radical (unpaired) electrons. The Hall–Kier alpha value is -1.85. The van der Waals surface area contributed by atoms with Crippen LogP contribution in [0.1, 0.15) is 23.6 Å². The van der Waals surface area contributed by atoms with Gasteiger partial charge in [0.2, 0.25) is 10.0 Å². The summed E-state index contributed by atoms with van der Waals surface area (Å²) < 4.78 is 31.5. The Morgan fingerprint density at radius 2 is 1.70 bits per heavy atom. The van der Waals surface area contributed by atoms with E-state index in [-0.39, 0.29) is 35.8 Å². The van der Waals surface area contributed by atoms with Gasteiger partial charge in [0.25, 0.3) is 0 Å². The van der Waals surface area contributed by atoms with Gasteiger partial charge in [0.1, 0.15) is 11.9 Å². The fraction of sp³-hybridized carbons (Fsp3) is 0.381. The normalized spacial score (nSPS) is 12.6. The molecule has 1 atom stereocenters. The molecule has 0 saturated heterocycles. The molecule has 7 nitrogen and oxygen atoms in total. The van der Waals surface area contributed by atoms with Crippen molar-refractivity contribution < 1.29 is 13.2 Å². The Morgan fingerprint density at radius 1 is 1.07 bits per heavy atom. The second-order valence-electron chi connectivity index (χ2n) is 6.78. The Bertz CT molecular complexity index is 918. The average Bonchev–Trinajstić information content (AvgIpc) is 2.71. The van der Waals surface area contributed by atoms with Crippen LogP contribution in [0.2, 0.25) is 0 Å². The van der Waals surface area contributed by atoms with Crippen LogP contribution in [0.3, 0.4) is 0 Å². The van der Waals surface area contributed by atoms with Gasteiger partial charge in [0.15, 0.2) is 5.96 Å². The molecule has 0 spiro atoms. The number of guanidine groups is 1. The van der Waals surface area contributed by atoms with Gasteiger partial charge < -0.3 is 15.4 Å². The summed E-state index contributed by atoms with van der Waals surface area (Å²) in [5, 5.41) is 6.50. The van der Waals surface area contributed by atoms with Crippen LogP contribution in [-0.4, -0.2) is 41.1 Å². The number of benzene rings is 2. The summed E-state index contributed by atoms with van der Waals surface area (Å²) in [5.74, 6) is 1.52. The largest absolute Gasteiger partial charge is 0.489 e. The summed E-state index contributed by atoms with van der Waals surface area (Å²) in [7, 11) is -0.131. The van der Waals surface area contributed by atoms with Crippen molar-refractivity contribution in [1.29, 1.82) is 0 Å². The van der Waals surface area contributed by atoms with Crippen LogP contribution in [0.5, 0.6) is 5.75 Å². The molecule has 2 aromatic carbocycles. The number of sulfonamides is 1. The highest BCUT2D eigenvalue weighted by Crippen LogP contribution is 2.17. The minimum Gasteiger partial charge on any atom is -0.489 e. The zero-order valence-corrected chi connectivity index (χ0v) is 21.0. The van der Waals surface area contributed by atoms with Crippen LogP contribution in [0.15, 0.2) is 53.5 Å². The number of aliphatic imine (C=N–C) groups is 1. The van der Waals surface area contributed by atoms with Gasteiger partial charge in [0.05, 0.1) is 12.3 Å². The van der Waals surface area contributed by atoms with Crippen molar-refractivity contribution in [2.24, 2.45) is 4.99 Å². The third kappa shape index (κ3) is 8.88. The lowest BCUT2D eigenvalue weighted by Gasteiger charge is -2.19. The molecule has 2 aromatic rings. The quantitative estimate of drug-likeness (QED) is 0.256. The van der Waals surface area contributed by atoms with Gasteiger partial charge in [-0.2, -0.15) is 0 Å². The van der Waals surface area contributed by atoms with Gasteiger partial charge in [-0.25, -0.2) is 13.1 Å². The first-order chi connectivity index (χ1) is 13.8. The second kappa shape index (κ2) is 12.8. The van der Waals surface area contributed by atoms with E-state index in [1.54, 1.807) is 7.05 Å². The molecule has 0 aliphatic rings. The number of hydrogen-bond acceptors (Lipinski definition) is 4. The number of ether oxygens (including phenoxy) is 1. The van der Waals surface area contributed by atoms with E-state index in [4.69, 9.17) is 4.74 Å². The van der Waals surface area contributed by atoms with Crippen LogP contribution in [0.25, 0.3) is 0 Å². The summed E-state index contributed by atoms with van der Waals surface area (Å²) in [4.78, 5) is 4.23. The predicted molar refractivity (Wildman–Crippen MR) is 133 cm³/mol. The Kier molecular flexibility index (Phi) is 11.1. The molecule has 0 fully saturated rings. The van der Waals surface area contributed by atoms with Gasteiger partial charge in [-0.1, -0.05) is 42.5 Å². The number of halogens is 1. The van der Waals surface area contributed by atoms with E-state index in [1.807, 2.05) is 62.4 Å². The Morgan fingerprint density at radius 3 is 2.30 bits per heavy atom. The third-order valence-corrected chi connectivity index (χ3v) is 5.69. The molecule has 0 saturated carbocycles. The fourth-order valence-electron chi connectivity index (χ4n) is 2.64. The summed E-state index contributed by atoms with van der Waals surface area (Å²) in [6, 6.07) is 15.4. The average molecular weight is 546 g/mol. The zero-order valence-electron chi connectivity index (χ0n) is 17.8. The molecular weight excluding hydrogens is 515 g/mol. The molecule has 166 valence electrons. The van der Waals surface area contributed by atoms with E-state index in [2.05, 4.69) is 20.3 Å². The summed E-state index contributed by atoms with van der Waals surface area (Å²) >= 11 is 0. The van der Waals surface area contributed by atoms with Crippen molar-refractivity contribution in [2.75, 3.05) is 20.6 Å². The summed E-state index contributed by atoms with van der Waals surface area (Å²) in [5.41, 5.74) is 2.88. The molecule has 1 unspecified atom stereocenters. The number of hydrogen-bond donors (Lipinski definition) is 3. The van der Waals surface area contributed by atoms with E-state index in [1.165, 1.54) is 7.05 Å². The lowest BCUT2D eigenvalue weighted by Crippen LogP contribution is -2.41. The first-order valence-electron chi connectivity index (χ1n) is 9.49. The monoisotopic (exact) mass is 546 g/mol. The van der Waals surface area contributed by atoms with Gasteiger partial charge in [-0.3, -0.25) is 4.99 Å². The molecule has 0 aliphatic heterocycles. The molecule has 0 bridgehead atoms. The highest BCUT2D eigenvalue weighted by atomic mass is 127.